The minimum atomic E-state index is -0.999. The Labute approximate surface area is 320 Å². The van der Waals surface area contributed by atoms with Crippen LogP contribution in [0.3, 0.4) is 0 Å². The molecule has 0 aliphatic heterocycles. The van der Waals surface area contributed by atoms with E-state index in [0.29, 0.717) is 22.5 Å². The highest BCUT2D eigenvalue weighted by molar-refractivity contribution is 7.00. The van der Waals surface area contributed by atoms with Gasteiger partial charge in [0, 0.05) is 33.4 Å². The molecule has 0 radical (unpaired) electrons. The number of hydrogen-bond acceptors (Lipinski definition) is 4. The third-order valence-electron chi connectivity index (χ3n) is 10.3. The predicted molar refractivity (Wildman–Crippen MR) is 223 cm³/mol. The Kier molecular flexibility index (Phi) is 8.00. The van der Waals surface area contributed by atoms with Gasteiger partial charge >= 0.3 is 0 Å². The third-order valence-corrected chi connectivity index (χ3v) is 10.8. The topological polar surface area (TPSA) is 34.0 Å². The molecule has 0 N–H and O–H groups in total. The monoisotopic (exact) mass is 732 g/mol. The number of rotatable bonds is 7. The van der Waals surface area contributed by atoms with E-state index in [1.54, 1.807) is 4.90 Å². The van der Waals surface area contributed by atoms with E-state index in [-0.39, 0.29) is 16.8 Å². The second kappa shape index (κ2) is 13.5. The van der Waals surface area contributed by atoms with Crippen molar-refractivity contribution in [2.75, 3.05) is 4.90 Å². The number of anilines is 3. The Bertz CT molecular complexity index is 2840. The first kappa shape index (κ1) is 32.7. The van der Waals surface area contributed by atoms with Crippen molar-refractivity contribution in [1.82, 2.24) is 13.3 Å². The van der Waals surface area contributed by atoms with Crippen LogP contribution in [0.5, 0.6) is 0 Å². The van der Waals surface area contributed by atoms with Crippen LogP contribution in [0.15, 0.2) is 182 Å². The molecule has 55 heavy (non-hydrogen) atoms. The van der Waals surface area contributed by atoms with E-state index >= 15 is 8.78 Å². The maximum Gasteiger partial charge on any atom is 0.185 e. The van der Waals surface area contributed by atoms with Crippen molar-refractivity contribution < 1.29 is 8.78 Å². The summed E-state index contributed by atoms with van der Waals surface area (Å²) in [7, 11) is 0. The summed E-state index contributed by atoms with van der Waals surface area (Å²) in [6.07, 6.45) is 0. The number of benzene rings is 8. The molecule has 10 rings (SSSR count). The molecule has 4 nitrogen and oxygen atoms in total. The van der Waals surface area contributed by atoms with Crippen LogP contribution in [0.1, 0.15) is 0 Å². The molecule has 0 saturated carbocycles. The van der Waals surface area contributed by atoms with Crippen LogP contribution >= 0.6 is 11.7 Å². The van der Waals surface area contributed by atoms with Crippen molar-refractivity contribution in [1.29, 1.82) is 0 Å². The molecule has 0 aliphatic carbocycles. The van der Waals surface area contributed by atoms with Gasteiger partial charge in [-0.2, -0.15) is 8.75 Å². The van der Waals surface area contributed by atoms with E-state index in [2.05, 4.69) is 37.6 Å². The molecule has 262 valence electrons. The van der Waals surface area contributed by atoms with Crippen molar-refractivity contribution in [2.45, 2.75) is 0 Å². The summed E-state index contributed by atoms with van der Waals surface area (Å²) >= 11 is 0.940. The van der Waals surface area contributed by atoms with Gasteiger partial charge in [-0.15, -0.1) is 0 Å². The summed E-state index contributed by atoms with van der Waals surface area (Å²) in [5.41, 5.74) is 9.68. The van der Waals surface area contributed by atoms with Crippen molar-refractivity contribution >= 4 is 61.6 Å². The Morgan fingerprint density at radius 1 is 0.418 bits per heavy atom. The van der Waals surface area contributed by atoms with E-state index in [1.807, 2.05) is 158 Å². The quantitative estimate of drug-likeness (QED) is 0.164. The maximum atomic E-state index is 17.0. The summed E-state index contributed by atoms with van der Waals surface area (Å²) in [6, 6.07) is 59.9. The van der Waals surface area contributed by atoms with Crippen LogP contribution in [0.4, 0.5) is 25.8 Å². The van der Waals surface area contributed by atoms with Crippen molar-refractivity contribution in [2.24, 2.45) is 0 Å². The normalized spacial score (nSPS) is 11.5. The lowest BCUT2D eigenvalue weighted by atomic mass is 10.00. The van der Waals surface area contributed by atoms with E-state index in [4.69, 9.17) is 0 Å². The fourth-order valence-electron chi connectivity index (χ4n) is 7.65. The van der Waals surface area contributed by atoms with Crippen molar-refractivity contribution in [3.8, 4) is 39.1 Å². The highest BCUT2D eigenvalue weighted by Gasteiger charge is 2.29. The molecule has 0 fully saturated rings. The molecule has 10 aromatic rings. The molecular formula is C48H30F2N4S. The molecule has 8 aromatic carbocycles. The van der Waals surface area contributed by atoms with Gasteiger partial charge in [-0.05, 0) is 76.3 Å². The SMILES string of the molecule is Fc1c(F)c(N(c2ccc(-c3ccccc3)cc2)c2ccc(-c3ccccc3)cc2)c2nsnc2c1-c1ccc(-n2c3ccccc3c3ccccc32)cc1. The first-order valence-corrected chi connectivity index (χ1v) is 18.7. The summed E-state index contributed by atoms with van der Waals surface area (Å²) in [4.78, 5) is 1.74. The minimum absolute atomic E-state index is 0.00632. The number of nitrogens with zero attached hydrogens (tertiary/aromatic N) is 4. The first-order valence-electron chi connectivity index (χ1n) is 18.0. The van der Waals surface area contributed by atoms with E-state index in [0.717, 1.165) is 61.5 Å². The molecule has 0 bridgehead atoms. The van der Waals surface area contributed by atoms with Crippen LogP contribution in [-0.4, -0.2) is 13.3 Å². The fraction of sp³-hybridized carbons (Fsp3) is 0. The Morgan fingerprint density at radius 3 is 1.38 bits per heavy atom. The summed E-state index contributed by atoms with van der Waals surface area (Å²) < 4.78 is 45.3. The largest absolute Gasteiger partial charge is 0.309 e. The molecule has 0 aliphatic rings. The van der Waals surface area contributed by atoms with Gasteiger partial charge in [-0.3, -0.25) is 0 Å². The van der Waals surface area contributed by atoms with Crippen LogP contribution in [0.25, 0.3) is 71.9 Å². The first-order chi connectivity index (χ1) is 27.1. The van der Waals surface area contributed by atoms with Crippen molar-refractivity contribution in [3.63, 3.8) is 0 Å². The van der Waals surface area contributed by atoms with Gasteiger partial charge in [0.15, 0.2) is 11.6 Å². The zero-order valence-electron chi connectivity index (χ0n) is 29.3. The van der Waals surface area contributed by atoms with E-state index in [9.17, 15) is 0 Å². The Hall–Kier alpha value is -6.96. The molecule has 7 heteroatoms. The smallest absolute Gasteiger partial charge is 0.185 e. The maximum absolute atomic E-state index is 17.0. The molecule has 0 spiro atoms. The van der Waals surface area contributed by atoms with Crippen molar-refractivity contribution in [3.05, 3.63) is 194 Å². The standard InChI is InChI=1S/C48H30F2N4S/c49-44-43(35-23-29-38(30-24-35)54-41-17-9-7-15-39(41)40-16-8-10-18-42(40)54)46-47(52-55-51-46)48(45(44)50)53(36-25-19-33(20-26-36)31-11-3-1-4-12-31)37-27-21-34(22-28-37)32-13-5-2-6-14-32/h1-30H. The predicted octanol–water partition coefficient (Wildman–Crippen LogP) is 13.5. The summed E-state index contributed by atoms with van der Waals surface area (Å²) in [5.74, 6) is -1.98. The lowest BCUT2D eigenvalue weighted by Crippen LogP contribution is -2.14. The van der Waals surface area contributed by atoms with Gasteiger partial charge in [0.25, 0.3) is 0 Å². The third kappa shape index (κ3) is 5.56. The van der Waals surface area contributed by atoms with Crippen LogP contribution in [0, 0.1) is 11.6 Å². The molecule has 2 heterocycles. The van der Waals surface area contributed by atoms with Crippen LogP contribution in [0.2, 0.25) is 0 Å². The molecule has 0 saturated heterocycles. The average Bonchev–Trinajstić information content (AvgIpc) is 3.87. The number of halogens is 2. The molecule has 0 atom stereocenters. The zero-order valence-corrected chi connectivity index (χ0v) is 30.1. The Balaban J connectivity index is 1.11. The highest BCUT2D eigenvalue weighted by atomic mass is 32.1. The van der Waals surface area contributed by atoms with E-state index < -0.39 is 11.6 Å². The minimum Gasteiger partial charge on any atom is -0.309 e. The highest BCUT2D eigenvalue weighted by Crippen LogP contribution is 2.45. The van der Waals surface area contributed by atoms with E-state index in [1.165, 1.54) is 0 Å². The molecule has 0 unspecified atom stereocenters. The summed E-state index contributed by atoms with van der Waals surface area (Å²) in [6.45, 7) is 0. The Morgan fingerprint density at radius 2 is 0.855 bits per heavy atom. The van der Waals surface area contributed by atoms with Gasteiger partial charge in [-0.1, -0.05) is 133 Å². The molecule has 2 aromatic heterocycles. The zero-order chi connectivity index (χ0) is 36.9. The lowest BCUT2D eigenvalue weighted by Gasteiger charge is -2.27. The lowest BCUT2D eigenvalue weighted by molar-refractivity contribution is 0.514. The fourth-order valence-corrected chi connectivity index (χ4v) is 8.20. The number of fused-ring (bicyclic) bond motifs is 4. The molecular weight excluding hydrogens is 703 g/mol. The second-order valence-corrected chi connectivity index (χ2v) is 13.9. The average molecular weight is 733 g/mol. The van der Waals surface area contributed by atoms with Gasteiger partial charge in [-0.25, -0.2) is 8.78 Å². The number of hydrogen-bond donors (Lipinski definition) is 0. The number of para-hydroxylation sites is 2. The van der Waals surface area contributed by atoms with Gasteiger partial charge in [0.05, 0.1) is 22.8 Å². The number of aromatic nitrogens is 3. The van der Waals surface area contributed by atoms with Gasteiger partial charge in [0.1, 0.15) is 16.7 Å². The van der Waals surface area contributed by atoms with Gasteiger partial charge in [0.2, 0.25) is 0 Å². The second-order valence-electron chi connectivity index (χ2n) is 13.4. The van der Waals surface area contributed by atoms with Gasteiger partial charge < -0.3 is 9.47 Å². The summed E-state index contributed by atoms with van der Waals surface area (Å²) in [5, 5.41) is 2.30. The van der Waals surface area contributed by atoms with Crippen LogP contribution in [-0.2, 0) is 0 Å². The molecule has 0 amide bonds. The van der Waals surface area contributed by atoms with Crippen LogP contribution < -0.4 is 4.90 Å².